The van der Waals surface area contributed by atoms with Crippen molar-refractivity contribution in [2.24, 2.45) is 0 Å². The lowest BCUT2D eigenvalue weighted by Crippen LogP contribution is -2.03. The Balaban J connectivity index is 1.87. The summed E-state index contributed by atoms with van der Waals surface area (Å²) in [7, 11) is 0. The molecule has 0 N–H and O–H groups in total. The van der Waals surface area contributed by atoms with Crippen LogP contribution < -0.4 is 0 Å². The maximum Gasteiger partial charge on any atom is 0.0596 e. The number of nitrogens with zero attached hydrogens (tertiary/aromatic N) is 2. The van der Waals surface area contributed by atoms with E-state index in [2.05, 4.69) is 53.1 Å². The molecule has 0 amide bonds. The van der Waals surface area contributed by atoms with Crippen LogP contribution in [0, 0.1) is 13.8 Å². The molecule has 16 heavy (non-hydrogen) atoms. The average molecular weight is 214 g/mol. The minimum atomic E-state index is 1.01. The number of aromatic nitrogens is 2. The summed E-state index contributed by atoms with van der Waals surface area (Å²) in [6, 6.07) is 12.7. The van der Waals surface area contributed by atoms with Crippen LogP contribution in [0.25, 0.3) is 0 Å². The molecular formula is C14H18N2. The van der Waals surface area contributed by atoms with Gasteiger partial charge in [0.05, 0.1) is 5.69 Å². The van der Waals surface area contributed by atoms with Crippen LogP contribution in [0.5, 0.6) is 0 Å². The normalized spacial score (nSPS) is 10.6. The van der Waals surface area contributed by atoms with E-state index in [0.717, 1.165) is 25.1 Å². The van der Waals surface area contributed by atoms with Crippen molar-refractivity contribution in [2.75, 3.05) is 0 Å². The summed E-state index contributed by atoms with van der Waals surface area (Å²) in [6.45, 7) is 5.16. The molecule has 1 aromatic carbocycles. The average Bonchev–Trinajstić information content (AvgIpc) is 2.59. The molecule has 0 saturated heterocycles. The molecule has 0 saturated carbocycles. The first-order valence-corrected chi connectivity index (χ1v) is 5.81. The molecule has 0 aliphatic carbocycles. The van der Waals surface area contributed by atoms with Crippen molar-refractivity contribution in [1.82, 2.24) is 9.78 Å². The maximum atomic E-state index is 4.46. The van der Waals surface area contributed by atoms with Gasteiger partial charge in [0.1, 0.15) is 0 Å². The molecule has 84 valence electrons. The van der Waals surface area contributed by atoms with Crippen LogP contribution in [-0.2, 0) is 13.0 Å². The summed E-state index contributed by atoms with van der Waals surface area (Å²) in [5.74, 6) is 0. The van der Waals surface area contributed by atoms with Crippen molar-refractivity contribution >= 4 is 0 Å². The molecule has 0 aliphatic heterocycles. The van der Waals surface area contributed by atoms with Crippen LogP contribution in [0.15, 0.2) is 36.4 Å². The van der Waals surface area contributed by atoms with Crippen LogP contribution in [0.2, 0.25) is 0 Å². The van der Waals surface area contributed by atoms with Gasteiger partial charge in [-0.05, 0) is 38.3 Å². The summed E-state index contributed by atoms with van der Waals surface area (Å²) in [5, 5.41) is 4.46. The first-order chi connectivity index (χ1) is 7.75. The molecule has 1 aromatic heterocycles. The van der Waals surface area contributed by atoms with Gasteiger partial charge in [-0.2, -0.15) is 5.10 Å². The molecule has 0 unspecified atom stereocenters. The zero-order valence-corrected chi connectivity index (χ0v) is 9.98. The van der Waals surface area contributed by atoms with E-state index in [9.17, 15) is 0 Å². The Morgan fingerprint density at radius 1 is 1.12 bits per heavy atom. The summed E-state index contributed by atoms with van der Waals surface area (Å²) in [4.78, 5) is 0. The van der Waals surface area contributed by atoms with E-state index in [4.69, 9.17) is 0 Å². The third-order valence-electron chi connectivity index (χ3n) is 2.78. The molecule has 2 heteroatoms. The van der Waals surface area contributed by atoms with Gasteiger partial charge >= 0.3 is 0 Å². The van der Waals surface area contributed by atoms with Gasteiger partial charge in [0.15, 0.2) is 0 Å². The van der Waals surface area contributed by atoms with Crippen LogP contribution in [0.3, 0.4) is 0 Å². The minimum absolute atomic E-state index is 1.01. The van der Waals surface area contributed by atoms with Crippen molar-refractivity contribution in [2.45, 2.75) is 33.2 Å². The molecule has 2 rings (SSSR count). The molecule has 0 atom stereocenters. The molecule has 2 nitrogen and oxygen atoms in total. The Kier molecular flexibility index (Phi) is 3.40. The van der Waals surface area contributed by atoms with E-state index in [0.29, 0.717) is 0 Å². The van der Waals surface area contributed by atoms with E-state index in [1.54, 1.807) is 0 Å². The highest BCUT2D eigenvalue weighted by Gasteiger charge is 2.00. The highest BCUT2D eigenvalue weighted by atomic mass is 15.3. The van der Waals surface area contributed by atoms with Crippen molar-refractivity contribution in [3.63, 3.8) is 0 Å². The first-order valence-electron chi connectivity index (χ1n) is 5.81. The second-order valence-electron chi connectivity index (χ2n) is 4.24. The fourth-order valence-electron chi connectivity index (χ4n) is 1.98. The highest BCUT2D eigenvalue weighted by Crippen LogP contribution is 2.06. The topological polar surface area (TPSA) is 17.8 Å². The molecule has 0 radical (unpaired) electrons. The minimum Gasteiger partial charge on any atom is -0.270 e. The Morgan fingerprint density at radius 3 is 2.50 bits per heavy atom. The van der Waals surface area contributed by atoms with E-state index >= 15 is 0 Å². The molecule has 0 spiro atoms. The molecule has 0 aliphatic rings. The standard InChI is InChI=1S/C14H18N2/c1-12-11-13(2)16(15-12)10-6-9-14-7-4-3-5-8-14/h3-5,7-8,11H,6,9-10H2,1-2H3. The number of rotatable bonds is 4. The number of hydrogen-bond donors (Lipinski definition) is 0. The largest absolute Gasteiger partial charge is 0.270 e. The van der Waals surface area contributed by atoms with Gasteiger partial charge in [-0.25, -0.2) is 0 Å². The molecule has 0 bridgehead atoms. The van der Waals surface area contributed by atoms with Crippen molar-refractivity contribution in [3.05, 3.63) is 53.3 Å². The first kappa shape index (κ1) is 10.9. The molecular weight excluding hydrogens is 196 g/mol. The van der Waals surface area contributed by atoms with Crippen molar-refractivity contribution in [1.29, 1.82) is 0 Å². The summed E-state index contributed by atoms with van der Waals surface area (Å²) in [6.07, 6.45) is 2.27. The van der Waals surface area contributed by atoms with E-state index in [1.807, 2.05) is 6.92 Å². The van der Waals surface area contributed by atoms with E-state index < -0.39 is 0 Å². The zero-order valence-electron chi connectivity index (χ0n) is 9.98. The van der Waals surface area contributed by atoms with Gasteiger partial charge in [0.25, 0.3) is 0 Å². The lowest BCUT2D eigenvalue weighted by molar-refractivity contribution is 0.562. The fraction of sp³-hybridized carbons (Fsp3) is 0.357. The Labute approximate surface area is 96.9 Å². The van der Waals surface area contributed by atoms with Gasteiger partial charge in [-0.15, -0.1) is 0 Å². The maximum absolute atomic E-state index is 4.46. The van der Waals surface area contributed by atoms with Gasteiger partial charge in [-0.1, -0.05) is 30.3 Å². The van der Waals surface area contributed by atoms with Gasteiger partial charge in [-0.3, -0.25) is 4.68 Å². The molecule has 0 fully saturated rings. The molecule has 1 heterocycles. The van der Waals surface area contributed by atoms with Crippen molar-refractivity contribution < 1.29 is 0 Å². The number of benzene rings is 1. The smallest absolute Gasteiger partial charge is 0.0596 e. The van der Waals surface area contributed by atoms with Gasteiger partial charge in [0, 0.05) is 12.2 Å². The fourth-order valence-corrected chi connectivity index (χ4v) is 1.98. The summed E-state index contributed by atoms with van der Waals surface area (Å²) >= 11 is 0. The highest BCUT2D eigenvalue weighted by molar-refractivity contribution is 5.14. The van der Waals surface area contributed by atoms with Crippen LogP contribution in [-0.4, -0.2) is 9.78 Å². The van der Waals surface area contributed by atoms with Gasteiger partial charge < -0.3 is 0 Å². The number of aryl methyl sites for hydroxylation is 4. The number of hydrogen-bond acceptors (Lipinski definition) is 1. The van der Waals surface area contributed by atoms with Crippen molar-refractivity contribution in [3.8, 4) is 0 Å². The lowest BCUT2D eigenvalue weighted by Gasteiger charge is -2.04. The Bertz CT molecular complexity index is 443. The van der Waals surface area contributed by atoms with Crippen LogP contribution in [0.1, 0.15) is 23.4 Å². The predicted octanol–water partition coefficient (Wildman–Crippen LogP) is 3.13. The summed E-state index contributed by atoms with van der Waals surface area (Å²) in [5.41, 5.74) is 3.77. The van der Waals surface area contributed by atoms with Gasteiger partial charge in [0.2, 0.25) is 0 Å². The Morgan fingerprint density at radius 2 is 1.88 bits per heavy atom. The lowest BCUT2D eigenvalue weighted by atomic mass is 10.1. The van der Waals surface area contributed by atoms with E-state index in [1.165, 1.54) is 11.3 Å². The third-order valence-corrected chi connectivity index (χ3v) is 2.78. The second kappa shape index (κ2) is 4.97. The quantitative estimate of drug-likeness (QED) is 0.764. The molecule has 2 aromatic rings. The van der Waals surface area contributed by atoms with Crippen LogP contribution in [0.4, 0.5) is 0 Å². The Hall–Kier alpha value is -1.57. The van der Waals surface area contributed by atoms with Crippen LogP contribution >= 0.6 is 0 Å². The predicted molar refractivity (Wildman–Crippen MR) is 66.5 cm³/mol. The monoisotopic (exact) mass is 214 g/mol. The third kappa shape index (κ3) is 2.72. The zero-order chi connectivity index (χ0) is 11.4. The SMILES string of the molecule is Cc1cc(C)n(CCCc2ccccc2)n1. The summed E-state index contributed by atoms with van der Waals surface area (Å²) < 4.78 is 2.10. The van der Waals surface area contributed by atoms with E-state index in [-0.39, 0.29) is 0 Å². The second-order valence-corrected chi connectivity index (χ2v) is 4.24.